The molecule has 0 saturated carbocycles. The number of nitrogens with one attached hydrogen (secondary N) is 1. The Hall–Kier alpha value is -0.770. The minimum absolute atomic E-state index is 0.0561. The maximum absolute atomic E-state index is 11.4. The van der Waals surface area contributed by atoms with E-state index < -0.39 is 0 Å². The monoisotopic (exact) mass is 244 g/mol. The van der Waals surface area contributed by atoms with Crippen molar-refractivity contribution in [2.24, 2.45) is 0 Å². The fourth-order valence-corrected chi connectivity index (χ4v) is 1.62. The van der Waals surface area contributed by atoms with Crippen LogP contribution in [0.3, 0.4) is 0 Å². The van der Waals surface area contributed by atoms with Crippen LogP contribution >= 0.6 is 15.9 Å². The molecule has 0 spiro atoms. The van der Waals surface area contributed by atoms with Gasteiger partial charge in [0.05, 0.1) is 0 Å². The Bertz CT molecular complexity index is 317. The van der Waals surface area contributed by atoms with Crippen LogP contribution in [0.25, 0.3) is 0 Å². The molecule has 1 heterocycles. The van der Waals surface area contributed by atoms with E-state index in [1.807, 2.05) is 30.7 Å². The number of aromatic nitrogens is 1. The van der Waals surface area contributed by atoms with Crippen molar-refractivity contribution in [1.29, 1.82) is 0 Å². The number of hydrogen-bond acceptors (Lipinski definition) is 1. The minimum atomic E-state index is -0.0561. The Morgan fingerprint density at radius 2 is 2.23 bits per heavy atom. The summed E-state index contributed by atoms with van der Waals surface area (Å²) in [6.45, 7) is 4.08. The highest BCUT2D eigenvalue weighted by Gasteiger charge is 2.12. The van der Waals surface area contributed by atoms with Crippen molar-refractivity contribution in [1.82, 2.24) is 9.88 Å². The zero-order chi connectivity index (χ0) is 10.0. The van der Waals surface area contributed by atoms with Gasteiger partial charge in [-0.05, 0) is 35.8 Å². The van der Waals surface area contributed by atoms with E-state index in [1.165, 1.54) is 0 Å². The first-order valence-corrected chi connectivity index (χ1v) is 4.95. The van der Waals surface area contributed by atoms with Crippen LogP contribution in [0.2, 0.25) is 0 Å². The average molecular weight is 245 g/mol. The van der Waals surface area contributed by atoms with Gasteiger partial charge in [-0.3, -0.25) is 4.79 Å². The van der Waals surface area contributed by atoms with Crippen LogP contribution < -0.4 is 5.32 Å². The predicted molar refractivity (Wildman–Crippen MR) is 55.9 cm³/mol. The predicted octanol–water partition coefficient (Wildman–Crippen LogP) is 2.19. The Balaban J connectivity index is 3.11. The molecule has 1 N–H and O–H groups in total. The summed E-state index contributed by atoms with van der Waals surface area (Å²) in [7, 11) is 1.63. The lowest BCUT2D eigenvalue weighted by molar-refractivity contribution is 0.0952. The normalized spacial score (nSPS) is 10.5. The zero-order valence-electron chi connectivity index (χ0n) is 7.97. The first-order valence-electron chi connectivity index (χ1n) is 4.15. The smallest absolute Gasteiger partial charge is 0.267 e. The van der Waals surface area contributed by atoms with Crippen molar-refractivity contribution in [2.45, 2.75) is 19.9 Å². The number of carbonyl (C=O) groups is 1. The molecule has 0 aliphatic rings. The van der Waals surface area contributed by atoms with Crippen LogP contribution in [-0.4, -0.2) is 17.5 Å². The van der Waals surface area contributed by atoms with E-state index in [2.05, 4.69) is 21.2 Å². The number of carbonyl (C=O) groups excluding carboxylic acids is 1. The minimum Gasteiger partial charge on any atom is -0.354 e. The third-order valence-electron chi connectivity index (χ3n) is 1.83. The van der Waals surface area contributed by atoms with Crippen LogP contribution in [-0.2, 0) is 0 Å². The molecule has 0 unspecified atom stereocenters. The van der Waals surface area contributed by atoms with E-state index in [9.17, 15) is 4.79 Å². The van der Waals surface area contributed by atoms with Gasteiger partial charge in [-0.1, -0.05) is 0 Å². The third kappa shape index (κ3) is 2.12. The molecular weight excluding hydrogens is 232 g/mol. The van der Waals surface area contributed by atoms with Gasteiger partial charge < -0.3 is 9.88 Å². The number of hydrogen-bond donors (Lipinski definition) is 1. The molecule has 0 aliphatic carbocycles. The van der Waals surface area contributed by atoms with Crippen molar-refractivity contribution in [3.05, 3.63) is 22.4 Å². The van der Waals surface area contributed by atoms with Crippen LogP contribution in [0.15, 0.2) is 16.7 Å². The molecule has 3 nitrogen and oxygen atoms in total. The molecule has 4 heteroatoms. The molecule has 0 aromatic carbocycles. The standard InChI is InChI=1S/C9H13BrN2O/c1-6(2)12-5-7(10)4-8(12)9(13)11-3/h4-6H,1-3H3,(H,11,13). The molecule has 72 valence electrons. The molecule has 13 heavy (non-hydrogen) atoms. The van der Waals surface area contributed by atoms with Crippen LogP contribution in [0.1, 0.15) is 30.4 Å². The molecule has 0 aliphatic heterocycles. The van der Waals surface area contributed by atoms with Crippen molar-refractivity contribution in [3.63, 3.8) is 0 Å². The van der Waals surface area contributed by atoms with E-state index in [1.54, 1.807) is 7.05 Å². The number of nitrogens with zero attached hydrogens (tertiary/aromatic N) is 1. The number of rotatable bonds is 2. The summed E-state index contributed by atoms with van der Waals surface area (Å²) >= 11 is 3.35. The molecular formula is C9H13BrN2O. The van der Waals surface area contributed by atoms with E-state index in [4.69, 9.17) is 0 Å². The summed E-state index contributed by atoms with van der Waals surface area (Å²) in [6, 6.07) is 2.11. The van der Waals surface area contributed by atoms with Gasteiger partial charge >= 0.3 is 0 Å². The fourth-order valence-electron chi connectivity index (χ4n) is 1.18. The van der Waals surface area contributed by atoms with Gasteiger partial charge in [0.15, 0.2) is 0 Å². The summed E-state index contributed by atoms with van der Waals surface area (Å²) in [4.78, 5) is 11.4. The molecule has 1 rings (SSSR count). The van der Waals surface area contributed by atoms with Crippen molar-refractivity contribution >= 4 is 21.8 Å². The summed E-state index contributed by atoms with van der Waals surface area (Å²) < 4.78 is 2.86. The second kappa shape index (κ2) is 3.96. The molecule has 0 atom stereocenters. The number of halogens is 1. The van der Waals surface area contributed by atoms with Gasteiger partial charge in [0.1, 0.15) is 5.69 Å². The highest BCUT2D eigenvalue weighted by atomic mass is 79.9. The molecule has 0 radical (unpaired) electrons. The van der Waals surface area contributed by atoms with Crippen LogP contribution in [0.4, 0.5) is 0 Å². The Morgan fingerprint density at radius 3 is 2.69 bits per heavy atom. The molecule has 1 aromatic rings. The fraction of sp³-hybridized carbons (Fsp3) is 0.444. The van der Waals surface area contributed by atoms with E-state index in [0.717, 1.165) is 4.47 Å². The Kier molecular flexibility index (Phi) is 3.14. The highest BCUT2D eigenvalue weighted by Crippen LogP contribution is 2.18. The van der Waals surface area contributed by atoms with Crippen LogP contribution in [0, 0.1) is 0 Å². The van der Waals surface area contributed by atoms with E-state index >= 15 is 0 Å². The van der Waals surface area contributed by atoms with Crippen molar-refractivity contribution in [2.75, 3.05) is 7.05 Å². The summed E-state index contributed by atoms with van der Waals surface area (Å²) in [5, 5.41) is 2.61. The van der Waals surface area contributed by atoms with Crippen molar-refractivity contribution in [3.8, 4) is 0 Å². The van der Waals surface area contributed by atoms with E-state index in [-0.39, 0.29) is 5.91 Å². The zero-order valence-corrected chi connectivity index (χ0v) is 9.55. The second-order valence-corrected chi connectivity index (χ2v) is 4.04. The van der Waals surface area contributed by atoms with Crippen molar-refractivity contribution < 1.29 is 4.79 Å². The Morgan fingerprint density at radius 1 is 1.62 bits per heavy atom. The Labute approximate surface area is 86.3 Å². The topological polar surface area (TPSA) is 34.0 Å². The SMILES string of the molecule is CNC(=O)c1cc(Br)cn1C(C)C. The number of amides is 1. The summed E-state index contributed by atoms with van der Waals surface area (Å²) in [5.41, 5.74) is 0.685. The maximum Gasteiger partial charge on any atom is 0.267 e. The first kappa shape index (κ1) is 10.3. The summed E-state index contributed by atoms with van der Waals surface area (Å²) in [6.07, 6.45) is 1.91. The quantitative estimate of drug-likeness (QED) is 0.851. The molecule has 1 aromatic heterocycles. The second-order valence-electron chi connectivity index (χ2n) is 3.12. The molecule has 1 amide bonds. The summed E-state index contributed by atoms with van der Waals surface area (Å²) in [5.74, 6) is -0.0561. The molecule has 0 bridgehead atoms. The highest BCUT2D eigenvalue weighted by molar-refractivity contribution is 9.10. The lowest BCUT2D eigenvalue weighted by Gasteiger charge is -2.11. The van der Waals surface area contributed by atoms with Gasteiger partial charge in [0.2, 0.25) is 0 Å². The van der Waals surface area contributed by atoms with Gasteiger partial charge in [0, 0.05) is 23.8 Å². The van der Waals surface area contributed by atoms with E-state index in [0.29, 0.717) is 11.7 Å². The van der Waals surface area contributed by atoms with Gasteiger partial charge in [-0.25, -0.2) is 0 Å². The van der Waals surface area contributed by atoms with Gasteiger partial charge in [-0.15, -0.1) is 0 Å². The molecule has 0 saturated heterocycles. The first-order chi connectivity index (χ1) is 6.06. The third-order valence-corrected chi connectivity index (χ3v) is 2.26. The molecule has 0 fully saturated rings. The van der Waals surface area contributed by atoms with Crippen LogP contribution in [0.5, 0.6) is 0 Å². The lowest BCUT2D eigenvalue weighted by atomic mass is 10.3. The largest absolute Gasteiger partial charge is 0.354 e. The average Bonchev–Trinajstić information content (AvgIpc) is 2.46. The van der Waals surface area contributed by atoms with Gasteiger partial charge in [-0.2, -0.15) is 0 Å². The maximum atomic E-state index is 11.4. The lowest BCUT2D eigenvalue weighted by Crippen LogP contribution is -2.22. The van der Waals surface area contributed by atoms with Gasteiger partial charge in [0.25, 0.3) is 5.91 Å².